The smallest absolute Gasteiger partial charge is 0.199 e. The second-order valence-corrected chi connectivity index (χ2v) is 7.38. The van der Waals surface area contributed by atoms with Crippen LogP contribution in [-0.4, -0.2) is 56.0 Å². The van der Waals surface area contributed by atoms with E-state index in [9.17, 15) is 0 Å². The summed E-state index contributed by atoms with van der Waals surface area (Å²) in [4.78, 5) is 11.3. The lowest BCUT2D eigenvalue weighted by molar-refractivity contribution is 0.183. The molecule has 3 aromatic heterocycles. The topological polar surface area (TPSA) is 108 Å². The molecule has 0 saturated carbocycles. The number of imidazole rings is 1. The van der Waals surface area contributed by atoms with Gasteiger partial charge in [0.2, 0.25) is 0 Å². The predicted octanol–water partition coefficient (Wildman–Crippen LogP) is 2.92. The van der Waals surface area contributed by atoms with Gasteiger partial charge in [-0.15, -0.1) is 0 Å². The Kier molecular flexibility index (Phi) is 5.02. The fourth-order valence-corrected chi connectivity index (χ4v) is 3.87. The van der Waals surface area contributed by atoms with Crippen molar-refractivity contribution in [1.82, 2.24) is 29.7 Å². The molecule has 5 rings (SSSR count). The molecule has 0 unspecified atom stereocenters. The Bertz CT molecular complexity index is 1130. The van der Waals surface area contributed by atoms with Crippen LogP contribution in [0.1, 0.15) is 19.3 Å². The van der Waals surface area contributed by atoms with Crippen molar-refractivity contribution in [2.75, 3.05) is 32.0 Å². The van der Waals surface area contributed by atoms with Crippen LogP contribution in [0.3, 0.4) is 0 Å². The van der Waals surface area contributed by atoms with Crippen molar-refractivity contribution in [3.05, 3.63) is 42.7 Å². The molecular formula is C21H23N7O2. The molecule has 1 saturated heterocycles. The van der Waals surface area contributed by atoms with Crippen LogP contribution in [0.15, 0.2) is 47.4 Å². The lowest BCUT2D eigenvalue weighted by atomic mass is 10.1. The summed E-state index contributed by atoms with van der Waals surface area (Å²) in [6.07, 6.45) is 7.35. The zero-order chi connectivity index (χ0) is 20.3. The number of aromatic nitrogens is 5. The number of likely N-dealkylation sites (tertiary alicyclic amines) is 1. The predicted molar refractivity (Wildman–Crippen MR) is 112 cm³/mol. The summed E-state index contributed by atoms with van der Waals surface area (Å²) in [5.41, 5.74) is 8.85. The van der Waals surface area contributed by atoms with E-state index >= 15 is 0 Å². The summed E-state index contributed by atoms with van der Waals surface area (Å²) in [7, 11) is 0. The number of rotatable bonds is 6. The van der Waals surface area contributed by atoms with E-state index in [-0.39, 0.29) is 5.82 Å². The molecule has 1 aliphatic rings. The number of pyridine rings is 1. The number of hydrogen-bond donors (Lipinski definition) is 1. The summed E-state index contributed by atoms with van der Waals surface area (Å²) < 4.78 is 12.7. The highest BCUT2D eigenvalue weighted by Crippen LogP contribution is 2.30. The van der Waals surface area contributed by atoms with Crippen LogP contribution in [0.2, 0.25) is 0 Å². The van der Waals surface area contributed by atoms with Gasteiger partial charge in [0.25, 0.3) is 0 Å². The second kappa shape index (κ2) is 8.11. The van der Waals surface area contributed by atoms with Crippen molar-refractivity contribution in [2.45, 2.75) is 19.3 Å². The Morgan fingerprint density at radius 1 is 1.03 bits per heavy atom. The zero-order valence-electron chi connectivity index (χ0n) is 16.6. The minimum absolute atomic E-state index is 0.192. The molecule has 1 aromatic carbocycles. The summed E-state index contributed by atoms with van der Waals surface area (Å²) in [6, 6.07) is 9.81. The van der Waals surface area contributed by atoms with E-state index < -0.39 is 0 Å². The summed E-state index contributed by atoms with van der Waals surface area (Å²) in [5, 5.41) is 7.61. The van der Waals surface area contributed by atoms with Crippen LogP contribution in [0.4, 0.5) is 5.82 Å². The first kappa shape index (κ1) is 18.6. The average molecular weight is 405 g/mol. The largest absolute Gasteiger partial charge is 0.492 e. The molecule has 9 heteroatoms. The standard InChI is InChI=1S/C21H23N7O2/c22-20-19(25-30-26-20)21-24-17-14-23-9-8-18(17)28(21)15-4-6-16(7-5-15)29-13-12-27-10-2-1-3-11-27/h4-9,14H,1-3,10-13H2,(H2,22,26). The van der Waals surface area contributed by atoms with Crippen LogP contribution >= 0.6 is 0 Å². The number of hydrogen-bond acceptors (Lipinski definition) is 8. The van der Waals surface area contributed by atoms with Crippen molar-refractivity contribution in [3.63, 3.8) is 0 Å². The van der Waals surface area contributed by atoms with Crippen molar-refractivity contribution < 1.29 is 9.37 Å². The van der Waals surface area contributed by atoms with E-state index in [1.54, 1.807) is 12.4 Å². The molecular weight excluding hydrogens is 382 g/mol. The Morgan fingerprint density at radius 3 is 2.63 bits per heavy atom. The molecule has 0 radical (unpaired) electrons. The molecule has 0 amide bonds. The number of ether oxygens (including phenoxy) is 1. The van der Waals surface area contributed by atoms with Crippen LogP contribution in [0.5, 0.6) is 5.75 Å². The van der Waals surface area contributed by atoms with Gasteiger partial charge in [0.15, 0.2) is 17.3 Å². The maximum atomic E-state index is 5.96. The van der Waals surface area contributed by atoms with E-state index in [4.69, 9.17) is 15.1 Å². The van der Waals surface area contributed by atoms with Crippen LogP contribution < -0.4 is 10.5 Å². The molecule has 30 heavy (non-hydrogen) atoms. The highest BCUT2D eigenvalue weighted by Gasteiger charge is 2.20. The number of nitrogen functional groups attached to an aromatic ring is 1. The summed E-state index contributed by atoms with van der Waals surface area (Å²) in [5.74, 6) is 1.58. The third-order valence-electron chi connectivity index (χ3n) is 5.40. The average Bonchev–Trinajstić information content (AvgIpc) is 3.38. The van der Waals surface area contributed by atoms with Crippen LogP contribution in [-0.2, 0) is 0 Å². The maximum absolute atomic E-state index is 5.96. The Labute approximate surface area is 173 Å². The quantitative estimate of drug-likeness (QED) is 0.522. The fraction of sp³-hybridized carbons (Fsp3) is 0.333. The molecule has 154 valence electrons. The van der Waals surface area contributed by atoms with Crippen LogP contribution in [0.25, 0.3) is 28.2 Å². The SMILES string of the molecule is Nc1nonc1-c1nc2cnccc2n1-c1ccc(OCCN2CCCCC2)cc1. The van der Waals surface area contributed by atoms with Crippen molar-refractivity contribution in [3.8, 4) is 23.0 Å². The fourth-order valence-electron chi connectivity index (χ4n) is 3.87. The third kappa shape index (κ3) is 3.59. The summed E-state index contributed by atoms with van der Waals surface area (Å²) in [6.45, 7) is 4.00. The summed E-state index contributed by atoms with van der Waals surface area (Å²) >= 11 is 0. The van der Waals surface area contributed by atoms with Gasteiger partial charge in [0.1, 0.15) is 17.9 Å². The minimum atomic E-state index is 0.192. The second-order valence-electron chi connectivity index (χ2n) is 7.38. The first-order valence-corrected chi connectivity index (χ1v) is 10.2. The number of nitrogens with two attached hydrogens (primary N) is 1. The number of fused-ring (bicyclic) bond motifs is 1. The lowest BCUT2D eigenvalue weighted by Gasteiger charge is -2.26. The highest BCUT2D eigenvalue weighted by atomic mass is 16.6. The van der Waals surface area contributed by atoms with Crippen molar-refractivity contribution >= 4 is 16.9 Å². The van der Waals surface area contributed by atoms with Crippen LogP contribution in [0, 0.1) is 0 Å². The highest BCUT2D eigenvalue weighted by molar-refractivity contribution is 5.83. The molecule has 9 nitrogen and oxygen atoms in total. The number of nitrogens with zero attached hydrogens (tertiary/aromatic N) is 6. The van der Waals surface area contributed by atoms with Gasteiger partial charge in [-0.05, 0) is 66.6 Å². The van der Waals surface area contributed by atoms with Gasteiger partial charge in [0, 0.05) is 18.4 Å². The minimum Gasteiger partial charge on any atom is -0.492 e. The molecule has 0 aliphatic carbocycles. The first-order chi connectivity index (χ1) is 14.8. The van der Waals surface area contributed by atoms with E-state index in [1.807, 2.05) is 34.9 Å². The van der Waals surface area contributed by atoms with Gasteiger partial charge < -0.3 is 10.5 Å². The van der Waals surface area contributed by atoms with Gasteiger partial charge in [0.05, 0.1) is 11.7 Å². The third-order valence-corrected chi connectivity index (χ3v) is 5.40. The monoisotopic (exact) mass is 405 g/mol. The Balaban J connectivity index is 1.39. The molecule has 4 aromatic rings. The van der Waals surface area contributed by atoms with E-state index in [0.29, 0.717) is 18.1 Å². The Hall–Kier alpha value is -3.46. The Morgan fingerprint density at radius 2 is 1.87 bits per heavy atom. The van der Waals surface area contributed by atoms with Gasteiger partial charge in [-0.1, -0.05) is 6.42 Å². The normalized spacial score (nSPS) is 14.9. The molecule has 1 aliphatic heterocycles. The van der Waals surface area contributed by atoms with E-state index in [2.05, 4.69) is 25.2 Å². The number of benzene rings is 1. The molecule has 0 atom stereocenters. The van der Waals surface area contributed by atoms with Crippen molar-refractivity contribution in [1.29, 1.82) is 0 Å². The lowest BCUT2D eigenvalue weighted by Crippen LogP contribution is -2.33. The molecule has 2 N–H and O–H groups in total. The van der Waals surface area contributed by atoms with Gasteiger partial charge >= 0.3 is 0 Å². The molecule has 4 heterocycles. The first-order valence-electron chi connectivity index (χ1n) is 10.2. The molecule has 0 bridgehead atoms. The zero-order valence-corrected chi connectivity index (χ0v) is 16.6. The molecule has 0 spiro atoms. The number of anilines is 1. The van der Waals surface area contributed by atoms with E-state index in [1.165, 1.54) is 32.4 Å². The number of piperidine rings is 1. The van der Waals surface area contributed by atoms with E-state index in [0.717, 1.165) is 29.0 Å². The van der Waals surface area contributed by atoms with Gasteiger partial charge in [-0.2, -0.15) is 0 Å². The van der Waals surface area contributed by atoms with Crippen molar-refractivity contribution in [2.24, 2.45) is 0 Å². The molecule has 1 fully saturated rings. The maximum Gasteiger partial charge on any atom is 0.199 e. The van der Waals surface area contributed by atoms with Gasteiger partial charge in [-0.3, -0.25) is 14.5 Å². The van der Waals surface area contributed by atoms with Gasteiger partial charge in [-0.25, -0.2) is 9.61 Å².